The van der Waals surface area contributed by atoms with Crippen molar-refractivity contribution in [2.75, 3.05) is 6.61 Å². The average molecular weight is 308 g/mol. The van der Waals surface area contributed by atoms with Crippen molar-refractivity contribution in [1.29, 1.82) is 0 Å². The summed E-state index contributed by atoms with van der Waals surface area (Å²) in [6, 6.07) is 18.9. The van der Waals surface area contributed by atoms with Gasteiger partial charge in [0.15, 0.2) is 5.78 Å². The second kappa shape index (κ2) is 8.08. The zero-order valence-electron chi connectivity index (χ0n) is 13.4. The molecule has 0 saturated heterocycles. The number of rotatable bonds is 6. The van der Waals surface area contributed by atoms with Crippen LogP contribution in [0.25, 0.3) is 5.57 Å². The maximum Gasteiger partial charge on any atom is 0.342 e. The van der Waals surface area contributed by atoms with Crippen LogP contribution in [0.2, 0.25) is 0 Å². The van der Waals surface area contributed by atoms with E-state index in [1.54, 1.807) is 0 Å². The van der Waals surface area contributed by atoms with E-state index in [4.69, 9.17) is 4.74 Å². The van der Waals surface area contributed by atoms with Gasteiger partial charge in [0.05, 0.1) is 6.61 Å². The molecule has 0 N–H and O–H groups in total. The molecule has 0 atom stereocenters. The Balaban J connectivity index is 2.65. The molecular formula is C20H20O3. The van der Waals surface area contributed by atoms with E-state index in [0.29, 0.717) is 18.6 Å². The maximum atomic E-state index is 12.4. The lowest BCUT2D eigenvalue weighted by molar-refractivity contribution is -0.140. The molecule has 0 aliphatic rings. The quantitative estimate of drug-likeness (QED) is 0.350. The lowest BCUT2D eigenvalue weighted by Crippen LogP contribution is -2.17. The standard InChI is InChI=1S/C20H20O3/c1-3-14-23-20(22)18(15(2)21)19(16-10-6-4-7-11-16)17-12-8-5-9-13-17/h4-13H,3,14H2,1-2H3. The minimum Gasteiger partial charge on any atom is -0.462 e. The van der Waals surface area contributed by atoms with Gasteiger partial charge in [-0.1, -0.05) is 67.6 Å². The van der Waals surface area contributed by atoms with Gasteiger partial charge in [-0.3, -0.25) is 4.79 Å². The molecule has 3 nitrogen and oxygen atoms in total. The van der Waals surface area contributed by atoms with Crippen molar-refractivity contribution >= 4 is 17.3 Å². The molecule has 0 radical (unpaired) electrons. The van der Waals surface area contributed by atoms with Crippen LogP contribution in [0, 0.1) is 0 Å². The van der Waals surface area contributed by atoms with Gasteiger partial charge in [0.2, 0.25) is 0 Å². The summed E-state index contributed by atoms with van der Waals surface area (Å²) in [6.07, 6.45) is 0.711. The molecule has 0 aliphatic carbocycles. The van der Waals surface area contributed by atoms with Gasteiger partial charge in [-0.05, 0) is 24.5 Å². The second-order valence-electron chi connectivity index (χ2n) is 5.17. The number of ether oxygens (including phenoxy) is 1. The minimum absolute atomic E-state index is 0.0934. The fourth-order valence-electron chi connectivity index (χ4n) is 2.35. The number of carbonyl (C=O) groups excluding carboxylic acids is 2. The Morgan fingerprint density at radius 3 is 1.74 bits per heavy atom. The highest BCUT2D eigenvalue weighted by atomic mass is 16.5. The van der Waals surface area contributed by atoms with E-state index in [2.05, 4.69) is 0 Å². The van der Waals surface area contributed by atoms with Gasteiger partial charge < -0.3 is 4.74 Å². The van der Waals surface area contributed by atoms with Crippen molar-refractivity contribution in [3.05, 3.63) is 77.4 Å². The van der Waals surface area contributed by atoms with Gasteiger partial charge >= 0.3 is 5.97 Å². The van der Waals surface area contributed by atoms with E-state index in [-0.39, 0.29) is 11.4 Å². The normalized spacial score (nSPS) is 10.0. The summed E-state index contributed by atoms with van der Waals surface area (Å²) < 4.78 is 5.22. The zero-order valence-corrected chi connectivity index (χ0v) is 13.4. The van der Waals surface area contributed by atoms with Crippen LogP contribution in [0.15, 0.2) is 66.2 Å². The molecule has 118 valence electrons. The fraction of sp³-hybridized carbons (Fsp3) is 0.200. The Kier molecular flexibility index (Phi) is 5.87. The summed E-state index contributed by atoms with van der Waals surface area (Å²) in [5.41, 5.74) is 2.34. The Labute approximate surface area is 136 Å². The third-order valence-corrected chi connectivity index (χ3v) is 3.37. The number of hydrogen-bond acceptors (Lipinski definition) is 3. The monoisotopic (exact) mass is 308 g/mol. The van der Waals surface area contributed by atoms with Crippen LogP contribution in [0.4, 0.5) is 0 Å². The van der Waals surface area contributed by atoms with Crippen molar-refractivity contribution in [3.8, 4) is 0 Å². The summed E-state index contributed by atoms with van der Waals surface area (Å²) in [6.45, 7) is 3.61. The van der Waals surface area contributed by atoms with E-state index >= 15 is 0 Å². The van der Waals surface area contributed by atoms with Crippen LogP contribution in [0.3, 0.4) is 0 Å². The third-order valence-electron chi connectivity index (χ3n) is 3.37. The maximum absolute atomic E-state index is 12.4. The molecule has 0 aliphatic heterocycles. The molecule has 0 aromatic heterocycles. The second-order valence-corrected chi connectivity index (χ2v) is 5.17. The molecule has 0 amide bonds. The highest BCUT2D eigenvalue weighted by Gasteiger charge is 2.23. The molecule has 2 aromatic rings. The summed E-state index contributed by atoms with van der Waals surface area (Å²) in [5, 5.41) is 0. The van der Waals surface area contributed by atoms with Gasteiger partial charge in [-0.25, -0.2) is 4.79 Å². The topological polar surface area (TPSA) is 43.4 Å². The van der Waals surface area contributed by atoms with Crippen LogP contribution in [-0.2, 0) is 14.3 Å². The van der Waals surface area contributed by atoms with Crippen LogP contribution in [0.5, 0.6) is 0 Å². The molecule has 2 rings (SSSR count). The molecule has 2 aromatic carbocycles. The number of Topliss-reactive ketones (excluding diaryl/α,β-unsaturated/α-hetero) is 1. The van der Waals surface area contributed by atoms with E-state index in [1.807, 2.05) is 67.6 Å². The first-order valence-corrected chi connectivity index (χ1v) is 7.68. The molecular weight excluding hydrogens is 288 g/mol. The first-order valence-electron chi connectivity index (χ1n) is 7.68. The Morgan fingerprint density at radius 1 is 0.870 bits per heavy atom. The largest absolute Gasteiger partial charge is 0.462 e. The first-order chi connectivity index (χ1) is 11.1. The van der Waals surface area contributed by atoms with Gasteiger partial charge in [0, 0.05) is 5.57 Å². The number of ketones is 1. The smallest absolute Gasteiger partial charge is 0.342 e. The molecule has 0 spiro atoms. The van der Waals surface area contributed by atoms with Gasteiger partial charge in [-0.2, -0.15) is 0 Å². The van der Waals surface area contributed by atoms with Crippen LogP contribution >= 0.6 is 0 Å². The van der Waals surface area contributed by atoms with Crippen molar-refractivity contribution < 1.29 is 14.3 Å². The number of carbonyl (C=O) groups is 2. The number of hydrogen-bond donors (Lipinski definition) is 0. The zero-order chi connectivity index (χ0) is 16.7. The SMILES string of the molecule is CCCOC(=O)C(C(C)=O)=C(c1ccccc1)c1ccccc1. The molecule has 23 heavy (non-hydrogen) atoms. The highest BCUT2D eigenvalue weighted by molar-refractivity contribution is 6.23. The summed E-state index contributed by atoms with van der Waals surface area (Å²) in [7, 11) is 0. The van der Waals surface area contributed by atoms with Gasteiger partial charge in [0.1, 0.15) is 5.57 Å². The van der Waals surface area contributed by atoms with E-state index < -0.39 is 5.97 Å². The van der Waals surface area contributed by atoms with Crippen LogP contribution < -0.4 is 0 Å². The Morgan fingerprint density at radius 2 is 1.35 bits per heavy atom. The first kappa shape index (κ1) is 16.7. The van der Waals surface area contributed by atoms with Crippen molar-refractivity contribution in [2.24, 2.45) is 0 Å². The lowest BCUT2D eigenvalue weighted by Gasteiger charge is -2.14. The summed E-state index contributed by atoms with van der Waals surface area (Å²) in [4.78, 5) is 24.6. The highest BCUT2D eigenvalue weighted by Crippen LogP contribution is 2.28. The Bertz CT molecular complexity index is 659. The average Bonchev–Trinajstić information content (AvgIpc) is 2.58. The van der Waals surface area contributed by atoms with E-state index in [0.717, 1.165) is 11.1 Å². The molecule has 0 unspecified atom stereocenters. The number of esters is 1. The number of benzene rings is 2. The van der Waals surface area contributed by atoms with Crippen LogP contribution in [0.1, 0.15) is 31.4 Å². The van der Waals surface area contributed by atoms with E-state index in [9.17, 15) is 9.59 Å². The fourth-order valence-corrected chi connectivity index (χ4v) is 2.35. The van der Waals surface area contributed by atoms with Gasteiger partial charge in [-0.15, -0.1) is 0 Å². The van der Waals surface area contributed by atoms with Crippen molar-refractivity contribution in [1.82, 2.24) is 0 Å². The lowest BCUT2D eigenvalue weighted by atomic mass is 9.91. The summed E-state index contributed by atoms with van der Waals surface area (Å²) >= 11 is 0. The Hall–Kier alpha value is -2.68. The minimum atomic E-state index is -0.568. The molecule has 0 fully saturated rings. The molecule has 3 heteroatoms. The van der Waals surface area contributed by atoms with Crippen molar-refractivity contribution in [3.63, 3.8) is 0 Å². The van der Waals surface area contributed by atoms with Crippen molar-refractivity contribution in [2.45, 2.75) is 20.3 Å². The van der Waals surface area contributed by atoms with Crippen LogP contribution in [-0.4, -0.2) is 18.4 Å². The molecule has 0 heterocycles. The third kappa shape index (κ3) is 4.16. The predicted molar refractivity (Wildman–Crippen MR) is 90.8 cm³/mol. The molecule has 0 saturated carbocycles. The summed E-state index contributed by atoms with van der Waals surface area (Å²) in [5.74, 6) is -0.865. The van der Waals surface area contributed by atoms with Gasteiger partial charge in [0.25, 0.3) is 0 Å². The van der Waals surface area contributed by atoms with E-state index in [1.165, 1.54) is 6.92 Å². The predicted octanol–water partition coefficient (Wildman–Crippen LogP) is 4.03. The molecule has 0 bridgehead atoms.